The second kappa shape index (κ2) is 19.5. The number of amides is 1. The predicted octanol–water partition coefficient (Wildman–Crippen LogP) is 7.88. The maximum absolute atomic E-state index is 12.9. The van der Waals surface area contributed by atoms with Crippen molar-refractivity contribution in [3.8, 4) is 0 Å². The molecule has 0 radical (unpaired) electrons. The van der Waals surface area contributed by atoms with Gasteiger partial charge in [0.1, 0.15) is 5.72 Å². The van der Waals surface area contributed by atoms with Crippen molar-refractivity contribution in [3.63, 3.8) is 0 Å². The number of aliphatic hydroxyl groups is 3. The number of methoxy groups -OCH3 is 1. The Hall–Kier alpha value is -1.81. The van der Waals surface area contributed by atoms with Gasteiger partial charge in [0.05, 0.1) is 30.5 Å². The highest BCUT2D eigenvalue weighted by atomic mass is 16.7. The summed E-state index contributed by atoms with van der Waals surface area (Å²) in [5.74, 6) is -0.140. The van der Waals surface area contributed by atoms with Crippen LogP contribution in [0.4, 0.5) is 0 Å². The molecule has 4 N–H and O–H groups in total. The predicted molar refractivity (Wildman–Crippen MR) is 205 cm³/mol. The van der Waals surface area contributed by atoms with Crippen LogP contribution in [0.15, 0.2) is 48.1 Å². The number of piperidine rings is 1. The lowest BCUT2D eigenvalue weighted by Gasteiger charge is -2.56. The number of nitrogens with one attached hydrogen (secondary N) is 1. The van der Waals surface area contributed by atoms with Gasteiger partial charge in [-0.25, -0.2) is 0 Å². The molecule has 0 bridgehead atoms. The lowest BCUT2D eigenvalue weighted by atomic mass is 9.69. The molecule has 3 saturated heterocycles. The number of ether oxygens (including phenoxy) is 3. The van der Waals surface area contributed by atoms with Gasteiger partial charge in [-0.1, -0.05) is 103 Å². The third kappa shape index (κ3) is 11.1. The van der Waals surface area contributed by atoms with Gasteiger partial charge in [0.15, 0.2) is 5.79 Å². The molecular formula is C43H73NO7. The van der Waals surface area contributed by atoms with E-state index in [0.29, 0.717) is 18.3 Å². The van der Waals surface area contributed by atoms with Crippen molar-refractivity contribution in [2.24, 2.45) is 47.3 Å². The Bertz CT molecular complexity index is 1210. The minimum absolute atomic E-state index is 0.00378. The summed E-state index contributed by atoms with van der Waals surface area (Å²) < 4.78 is 18.5. The third-order valence-corrected chi connectivity index (χ3v) is 12.9. The summed E-state index contributed by atoms with van der Waals surface area (Å²) in [6, 6.07) is 0. The molecule has 0 aromatic heterocycles. The first-order valence-corrected chi connectivity index (χ1v) is 19.9. The van der Waals surface area contributed by atoms with E-state index >= 15 is 0 Å². The number of rotatable bonds is 16. The Morgan fingerprint density at radius 2 is 1.78 bits per heavy atom. The first-order chi connectivity index (χ1) is 24.0. The van der Waals surface area contributed by atoms with Gasteiger partial charge < -0.3 is 34.8 Å². The molecule has 1 amide bonds. The second-order valence-corrected chi connectivity index (χ2v) is 16.8. The van der Waals surface area contributed by atoms with Crippen LogP contribution in [-0.2, 0) is 19.0 Å². The Balaban J connectivity index is 1.43. The topological polar surface area (TPSA) is 117 Å². The average Bonchev–Trinajstić information content (AvgIpc) is 3.10. The van der Waals surface area contributed by atoms with E-state index in [2.05, 4.69) is 64.2 Å². The normalized spacial score (nSPS) is 38.3. The smallest absolute Gasteiger partial charge is 0.225 e. The molecule has 3 aliphatic heterocycles. The Labute approximate surface area is 310 Å². The van der Waals surface area contributed by atoms with E-state index in [4.69, 9.17) is 14.2 Å². The van der Waals surface area contributed by atoms with E-state index < -0.39 is 29.8 Å². The van der Waals surface area contributed by atoms with E-state index in [1.165, 1.54) is 5.57 Å². The van der Waals surface area contributed by atoms with Crippen LogP contribution >= 0.6 is 0 Å². The molecule has 0 aliphatic carbocycles. The van der Waals surface area contributed by atoms with Crippen LogP contribution in [0.25, 0.3) is 0 Å². The average molecular weight is 716 g/mol. The fraction of sp³-hybridized carbons (Fsp3) is 0.791. The van der Waals surface area contributed by atoms with Crippen molar-refractivity contribution in [1.29, 1.82) is 0 Å². The summed E-state index contributed by atoms with van der Waals surface area (Å²) in [4.78, 5) is 12.9. The van der Waals surface area contributed by atoms with Crippen LogP contribution in [-0.4, -0.2) is 70.4 Å². The highest BCUT2D eigenvalue weighted by Crippen LogP contribution is 2.46. The first kappa shape index (κ1) is 43.6. The quantitative estimate of drug-likeness (QED) is 0.120. The van der Waals surface area contributed by atoms with Crippen molar-refractivity contribution >= 4 is 5.91 Å². The summed E-state index contributed by atoms with van der Waals surface area (Å²) in [7, 11) is 1.68. The van der Waals surface area contributed by atoms with E-state index in [1.54, 1.807) is 7.11 Å². The minimum atomic E-state index is -0.906. The number of aliphatic hydroxyl groups excluding tert-OH is 3. The van der Waals surface area contributed by atoms with Crippen LogP contribution in [0, 0.1) is 47.3 Å². The molecule has 0 aromatic rings. The van der Waals surface area contributed by atoms with Crippen LogP contribution in [0.3, 0.4) is 0 Å². The Morgan fingerprint density at radius 1 is 1.08 bits per heavy atom. The van der Waals surface area contributed by atoms with Crippen LogP contribution in [0.2, 0.25) is 0 Å². The molecular weight excluding hydrogens is 642 g/mol. The van der Waals surface area contributed by atoms with Crippen molar-refractivity contribution in [1.82, 2.24) is 5.32 Å². The molecule has 3 heterocycles. The van der Waals surface area contributed by atoms with Gasteiger partial charge in [-0.2, -0.15) is 0 Å². The van der Waals surface area contributed by atoms with Gasteiger partial charge in [0.2, 0.25) is 5.91 Å². The number of carbonyl (C=O) groups is 1. The maximum Gasteiger partial charge on any atom is 0.225 e. The standard InChI is InChI=1S/C43H73NO7/c1-12-35-25-31(6)43(44-41(35)48)34(9)39(47)33(8)38(50-43)26-37(46)29(4)21-17-13-15-19-27(2)28(3)20-16-14-18-22-36(45)32(7)40-30(5)23-24-42(10,49-11)51-40/h13-16,18-19,22,28-40,45-47H,12,17,20-21,23-26H2,1-11H3,(H,44,48)/b15-13+,16-14+,22-18+,27-19+/t28-,29-,30+,31-,32-,33-,34-,35-,36-,37-,38-,39-,40-,42-,43+/m0/s1. The molecule has 3 aliphatic rings. The molecule has 292 valence electrons. The van der Waals surface area contributed by atoms with Gasteiger partial charge in [0, 0.05) is 49.5 Å². The number of allylic oxidation sites excluding steroid dienone is 7. The monoisotopic (exact) mass is 716 g/mol. The van der Waals surface area contributed by atoms with Gasteiger partial charge in [-0.3, -0.25) is 4.79 Å². The molecule has 0 aromatic carbocycles. The molecule has 15 atom stereocenters. The summed E-state index contributed by atoms with van der Waals surface area (Å²) in [5.41, 5.74) is 0.391. The van der Waals surface area contributed by atoms with Crippen molar-refractivity contribution in [2.75, 3.05) is 7.11 Å². The molecule has 1 spiro atoms. The lowest BCUT2D eigenvalue weighted by molar-refractivity contribution is -0.281. The van der Waals surface area contributed by atoms with Crippen LogP contribution in [0.1, 0.15) is 121 Å². The minimum Gasteiger partial charge on any atom is -0.393 e. The fourth-order valence-corrected chi connectivity index (χ4v) is 8.33. The molecule has 3 fully saturated rings. The van der Waals surface area contributed by atoms with Crippen LogP contribution in [0.5, 0.6) is 0 Å². The van der Waals surface area contributed by atoms with E-state index in [1.807, 2.05) is 52.8 Å². The molecule has 8 nitrogen and oxygen atoms in total. The third-order valence-electron chi connectivity index (χ3n) is 12.9. The van der Waals surface area contributed by atoms with Gasteiger partial charge in [-0.05, 0) is 70.1 Å². The number of carbonyl (C=O) groups excluding carboxylic acids is 1. The molecule has 3 rings (SSSR count). The van der Waals surface area contributed by atoms with Crippen molar-refractivity contribution < 1.29 is 34.3 Å². The zero-order chi connectivity index (χ0) is 38.1. The zero-order valence-electron chi connectivity index (χ0n) is 33.7. The van der Waals surface area contributed by atoms with Gasteiger partial charge >= 0.3 is 0 Å². The highest BCUT2D eigenvalue weighted by molar-refractivity contribution is 5.80. The van der Waals surface area contributed by atoms with E-state index in [-0.39, 0.29) is 53.6 Å². The zero-order valence-corrected chi connectivity index (χ0v) is 33.7. The molecule has 51 heavy (non-hydrogen) atoms. The first-order valence-electron chi connectivity index (χ1n) is 19.9. The largest absolute Gasteiger partial charge is 0.393 e. The van der Waals surface area contributed by atoms with Crippen molar-refractivity contribution in [3.05, 3.63) is 48.1 Å². The van der Waals surface area contributed by atoms with Crippen molar-refractivity contribution in [2.45, 2.75) is 163 Å². The van der Waals surface area contributed by atoms with Gasteiger partial charge in [0.25, 0.3) is 0 Å². The van der Waals surface area contributed by atoms with E-state index in [0.717, 1.165) is 44.9 Å². The SMILES string of the molecule is CC[C@H]1C[C@H](C)[C@@]2(NC1=O)O[C@@H](C[C@H](O)[C@@H](C)CC/C=C/C=C(\C)[C@@H](C)C/C=C/C=C/[C@H](O)[C@H](C)[C@H]1O[C@](C)(OC)CC[C@H]1C)[C@H](C)[C@H](O)[C@@H]2C. The maximum atomic E-state index is 12.9. The van der Waals surface area contributed by atoms with Crippen LogP contribution < -0.4 is 5.32 Å². The Morgan fingerprint density at radius 3 is 2.45 bits per heavy atom. The Kier molecular flexibility index (Phi) is 16.7. The summed E-state index contributed by atoms with van der Waals surface area (Å²) in [6.07, 6.45) is 18.6. The summed E-state index contributed by atoms with van der Waals surface area (Å²) in [5, 5.41) is 36.4. The lowest BCUT2D eigenvalue weighted by Crippen LogP contribution is -2.71. The second-order valence-electron chi connectivity index (χ2n) is 16.8. The summed E-state index contributed by atoms with van der Waals surface area (Å²) >= 11 is 0. The number of hydrogen-bond donors (Lipinski definition) is 4. The molecule has 0 saturated carbocycles. The van der Waals surface area contributed by atoms with E-state index in [9.17, 15) is 20.1 Å². The summed E-state index contributed by atoms with van der Waals surface area (Å²) in [6.45, 7) is 20.7. The van der Waals surface area contributed by atoms with Gasteiger partial charge in [-0.15, -0.1) is 0 Å². The molecule has 0 unspecified atom stereocenters. The fourth-order valence-electron chi connectivity index (χ4n) is 8.33. The highest BCUT2D eigenvalue weighted by Gasteiger charge is 2.57. The molecule has 8 heteroatoms. The number of hydrogen-bond acceptors (Lipinski definition) is 7.